The standard InChI is InChI=1S/C17H28FN3/c1-3-21(15-7-5-4-6-8-15)12-11-16(19-2)17-10-9-14(18)13-20-17/h9-10,13,15-16,19H,3-8,11-12H2,1-2H3. The van der Waals surface area contributed by atoms with Crippen LogP contribution in [0, 0.1) is 5.82 Å². The molecule has 3 nitrogen and oxygen atoms in total. The van der Waals surface area contributed by atoms with Crippen LogP contribution in [0.1, 0.15) is 57.2 Å². The van der Waals surface area contributed by atoms with E-state index in [-0.39, 0.29) is 11.9 Å². The van der Waals surface area contributed by atoms with E-state index in [1.54, 1.807) is 6.07 Å². The maximum absolute atomic E-state index is 13.0. The summed E-state index contributed by atoms with van der Waals surface area (Å²) in [4.78, 5) is 6.81. The van der Waals surface area contributed by atoms with E-state index < -0.39 is 0 Å². The molecule has 1 aromatic heterocycles. The Morgan fingerprint density at radius 1 is 1.33 bits per heavy atom. The number of rotatable bonds is 7. The largest absolute Gasteiger partial charge is 0.312 e. The SMILES string of the molecule is CCN(CCC(NC)c1ccc(F)cn1)C1CCCCC1. The Bertz CT molecular complexity index is 401. The predicted octanol–water partition coefficient (Wildman–Crippen LogP) is 3.53. The lowest BCUT2D eigenvalue weighted by Crippen LogP contribution is -2.38. The van der Waals surface area contributed by atoms with Crippen LogP contribution in [0.15, 0.2) is 18.3 Å². The van der Waals surface area contributed by atoms with Crippen molar-refractivity contribution in [3.8, 4) is 0 Å². The van der Waals surface area contributed by atoms with Crippen molar-refractivity contribution >= 4 is 0 Å². The quantitative estimate of drug-likeness (QED) is 0.833. The van der Waals surface area contributed by atoms with Gasteiger partial charge in [0.25, 0.3) is 0 Å². The van der Waals surface area contributed by atoms with Crippen LogP contribution in [-0.2, 0) is 0 Å². The molecule has 0 saturated heterocycles. The first-order chi connectivity index (χ1) is 10.2. The van der Waals surface area contributed by atoms with E-state index in [1.807, 2.05) is 7.05 Å². The highest BCUT2D eigenvalue weighted by Gasteiger charge is 2.21. The third-order valence-electron chi connectivity index (χ3n) is 4.66. The highest BCUT2D eigenvalue weighted by atomic mass is 19.1. The molecule has 0 radical (unpaired) electrons. The van der Waals surface area contributed by atoms with Gasteiger partial charge in [-0.25, -0.2) is 4.39 Å². The topological polar surface area (TPSA) is 28.2 Å². The van der Waals surface area contributed by atoms with E-state index in [0.29, 0.717) is 0 Å². The lowest BCUT2D eigenvalue weighted by Gasteiger charge is -2.34. The van der Waals surface area contributed by atoms with Crippen LogP contribution in [0.25, 0.3) is 0 Å². The van der Waals surface area contributed by atoms with Gasteiger partial charge in [0.1, 0.15) is 5.82 Å². The molecule has 1 atom stereocenters. The number of hydrogen-bond donors (Lipinski definition) is 1. The molecule has 1 aliphatic rings. The number of hydrogen-bond acceptors (Lipinski definition) is 3. The Kier molecular flexibility index (Phi) is 6.58. The summed E-state index contributed by atoms with van der Waals surface area (Å²) in [6.45, 7) is 4.43. The number of pyridine rings is 1. The normalized spacial score (nSPS) is 18.1. The first-order valence-electron chi connectivity index (χ1n) is 8.27. The van der Waals surface area contributed by atoms with Gasteiger partial charge in [0.15, 0.2) is 0 Å². The summed E-state index contributed by atoms with van der Waals surface area (Å²) < 4.78 is 13.0. The van der Waals surface area contributed by atoms with Crippen LogP contribution < -0.4 is 5.32 Å². The molecule has 1 heterocycles. The minimum absolute atomic E-state index is 0.197. The first kappa shape index (κ1) is 16.4. The van der Waals surface area contributed by atoms with E-state index in [2.05, 4.69) is 22.1 Å². The van der Waals surface area contributed by atoms with Gasteiger partial charge in [-0.1, -0.05) is 26.2 Å². The van der Waals surface area contributed by atoms with Gasteiger partial charge >= 0.3 is 0 Å². The van der Waals surface area contributed by atoms with Crippen molar-refractivity contribution in [1.29, 1.82) is 0 Å². The van der Waals surface area contributed by atoms with Crippen LogP contribution in [0.2, 0.25) is 0 Å². The summed E-state index contributed by atoms with van der Waals surface area (Å²) in [5, 5.41) is 3.31. The second-order valence-corrected chi connectivity index (χ2v) is 5.95. The zero-order valence-electron chi connectivity index (χ0n) is 13.3. The van der Waals surface area contributed by atoms with E-state index in [4.69, 9.17) is 0 Å². The maximum Gasteiger partial charge on any atom is 0.141 e. The molecule has 0 amide bonds. The zero-order chi connectivity index (χ0) is 15.1. The number of aromatic nitrogens is 1. The number of halogens is 1. The summed E-state index contributed by atoms with van der Waals surface area (Å²) in [5.74, 6) is -0.272. The first-order valence-corrected chi connectivity index (χ1v) is 8.27. The smallest absolute Gasteiger partial charge is 0.141 e. The van der Waals surface area contributed by atoms with Crippen molar-refractivity contribution in [2.75, 3.05) is 20.1 Å². The van der Waals surface area contributed by atoms with Crippen LogP contribution in [0.4, 0.5) is 4.39 Å². The van der Waals surface area contributed by atoms with Crippen molar-refractivity contribution in [1.82, 2.24) is 15.2 Å². The number of nitrogens with one attached hydrogen (secondary N) is 1. The average Bonchev–Trinajstić information content (AvgIpc) is 2.54. The van der Waals surface area contributed by atoms with E-state index in [9.17, 15) is 4.39 Å². The molecule has 1 unspecified atom stereocenters. The molecule has 0 aliphatic heterocycles. The summed E-state index contributed by atoms with van der Waals surface area (Å²) >= 11 is 0. The molecule has 1 N–H and O–H groups in total. The lowest BCUT2D eigenvalue weighted by atomic mass is 9.94. The maximum atomic E-state index is 13.0. The third-order valence-corrected chi connectivity index (χ3v) is 4.66. The Labute approximate surface area is 127 Å². The van der Waals surface area contributed by atoms with Crippen molar-refractivity contribution in [2.45, 2.75) is 57.5 Å². The third kappa shape index (κ3) is 4.75. The summed E-state index contributed by atoms with van der Waals surface area (Å²) in [5.41, 5.74) is 0.929. The highest BCUT2D eigenvalue weighted by molar-refractivity contribution is 5.09. The van der Waals surface area contributed by atoms with Crippen molar-refractivity contribution in [3.63, 3.8) is 0 Å². The fraction of sp³-hybridized carbons (Fsp3) is 0.706. The van der Waals surface area contributed by atoms with E-state index in [0.717, 1.165) is 31.2 Å². The molecular formula is C17H28FN3. The Morgan fingerprint density at radius 2 is 2.10 bits per heavy atom. The zero-order valence-corrected chi connectivity index (χ0v) is 13.3. The van der Waals surface area contributed by atoms with Gasteiger partial charge in [0, 0.05) is 12.6 Å². The molecule has 1 saturated carbocycles. The molecular weight excluding hydrogens is 265 g/mol. The van der Waals surface area contributed by atoms with Crippen LogP contribution in [0.3, 0.4) is 0 Å². The van der Waals surface area contributed by atoms with Crippen LogP contribution in [-0.4, -0.2) is 36.1 Å². The summed E-state index contributed by atoms with van der Waals surface area (Å²) in [6, 6.07) is 4.23. The van der Waals surface area contributed by atoms with Gasteiger partial charge < -0.3 is 10.2 Å². The fourth-order valence-electron chi connectivity index (χ4n) is 3.37. The van der Waals surface area contributed by atoms with E-state index >= 15 is 0 Å². The molecule has 2 rings (SSSR count). The molecule has 4 heteroatoms. The second kappa shape index (κ2) is 8.44. The van der Waals surface area contributed by atoms with E-state index in [1.165, 1.54) is 44.4 Å². The highest BCUT2D eigenvalue weighted by Crippen LogP contribution is 2.24. The van der Waals surface area contributed by atoms with Gasteiger partial charge in [0.05, 0.1) is 17.9 Å². The molecule has 118 valence electrons. The minimum atomic E-state index is -0.272. The minimum Gasteiger partial charge on any atom is -0.312 e. The van der Waals surface area contributed by atoms with Crippen molar-refractivity contribution in [2.24, 2.45) is 0 Å². The Balaban J connectivity index is 1.90. The molecule has 21 heavy (non-hydrogen) atoms. The van der Waals surface area contributed by atoms with Gasteiger partial charge in [-0.2, -0.15) is 0 Å². The number of nitrogens with zero attached hydrogens (tertiary/aromatic N) is 2. The summed E-state index contributed by atoms with van der Waals surface area (Å²) in [6.07, 6.45) is 9.14. The van der Waals surface area contributed by atoms with Gasteiger partial charge in [-0.3, -0.25) is 4.98 Å². The Morgan fingerprint density at radius 3 is 2.67 bits per heavy atom. The molecule has 0 spiro atoms. The molecule has 0 bridgehead atoms. The molecule has 1 fully saturated rings. The predicted molar refractivity (Wildman–Crippen MR) is 84.7 cm³/mol. The lowest BCUT2D eigenvalue weighted by molar-refractivity contribution is 0.156. The van der Waals surface area contributed by atoms with Gasteiger partial charge in [-0.05, 0) is 45.0 Å². The van der Waals surface area contributed by atoms with Crippen LogP contribution >= 0.6 is 0 Å². The van der Waals surface area contributed by atoms with Crippen LogP contribution in [0.5, 0.6) is 0 Å². The molecule has 0 aromatic carbocycles. The van der Waals surface area contributed by atoms with Gasteiger partial charge in [-0.15, -0.1) is 0 Å². The summed E-state index contributed by atoms with van der Waals surface area (Å²) in [7, 11) is 1.95. The molecule has 1 aliphatic carbocycles. The fourth-order valence-corrected chi connectivity index (χ4v) is 3.37. The van der Waals surface area contributed by atoms with Gasteiger partial charge in [0.2, 0.25) is 0 Å². The van der Waals surface area contributed by atoms with Crippen molar-refractivity contribution in [3.05, 3.63) is 29.8 Å². The second-order valence-electron chi connectivity index (χ2n) is 5.95. The Hall–Kier alpha value is -1.00. The van der Waals surface area contributed by atoms with Crippen molar-refractivity contribution < 1.29 is 4.39 Å². The monoisotopic (exact) mass is 293 g/mol. The average molecular weight is 293 g/mol. The molecule has 1 aromatic rings.